The monoisotopic (exact) mass is 310 g/mol. The van der Waals surface area contributed by atoms with E-state index in [1.165, 1.54) is 0 Å². The fourth-order valence-corrected chi connectivity index (χ4v) is 2.42. The van der Waals surface area contributed by atoms with E-state index in [1.807, 2.05) is 6.20 Å². The summed E-state index contributed by atoms with van der Waals surface area (Å²) >= 11 is 3.47. The van der Waals surface area contributed by atoms with Crippen LogP contribution in [-0.4, -0.2) is 18.1 Å². The molecule has 0 spiro atoms. The Hall–Kier alpha value is -0.870. The predicted molar refractivity (Wildman–Crippen MR) is 76.2 cm³/mol. The highest BCUT2D eigenvalue weighted by Gasteiger charge is 2.19. The Morgan fingerprint density at radius 1 is 1.50 bits per heavy atom. The fraction of sp³-hybridized carbons (Fsp3) is 0.500. The van der Waals surface area contributed by atoms with Crippen molar-refractivity contribution in [3.05, 3.63) is 40.3 Å². The van der Waals surface area contributed by atoms with Crippen molar-refractivity contribution in [1.82, 2.24) is 10.3 Å². The van der Waals surface area contributed by atoms with Crippen LogP contribution >= 0.6 is 15.9 Å². The third-order valence-electron chi connectivity index (χ3n) is 2.91. The number of rotatable bonds is 5. The van der Waals surface area contributed by atoms with E-state index in [-0.39, 0.29) is 6.04 Å². The van der Waals surface area contributed by atoms with Crippen LogP contribution in [0.5, 0.6) is 0 Å². The van der Waals surface area contributed by atoms with Gasteiger partial charge in [0.1, 0.15) is 5.76 Å². The topological polar surface area (TPSA) is 34.1 Å². The summed E-state index contributed by atoms with van der Waals surface area (Å²) in [7, 11) is 0. The Bertz CT molecular complexity index is 420. The SMILES string of the molecule is CCCNC(C1=CCCCO1)c1cncc(Br)c1. The highest BCUT2D eigenvalue weighted by Crippen LogP contribution is 2.27. The van der Waals surface area contributed by atoms with Crippen LogP contribution in [0.1, 0.15) is 37.8 Å². The number of hydrogen-bond acceptors (Lipinski definition) is 3. The molecular formula is C14H19BrN2O. The molecule has 0 saturated carbocycles. The van der Waals surface area contributed by atoms with Crippen molar-refractivity contribution in [2.75, 3.05) is 13.2 Å². The number of allylic oxidation sites excluding steroid dienone is 1. The maximum atomic E-state index is 5.79. The van der Waals surface area contributed by atoms with Crippen molar-refractivity contribution >= 4 is 15.9 Å². The molecule has 1 aliphatic heterocycles. The maximum Gasteiger partial charge on any atom is 0.113 e. The molecule has 0 amide bonds. The van der Waals surface area contributed by atoms with E-state index in [0.29, 0.717) is 0 Å². The zero-order chi connectivity index (χ0) is 12.8. The van der Waals surface area contributed by atoms with E-state index < -0.39 is 0 Å². The Balaban J connectivity index is 2.21. The van der Waals surface area contributed by atoms with Gasteiger partial charge in [-0.3, -0.25) is 4.98 Å². The molecule has 18 heavy (non-hydrogen) atoms. The molecule has 0 aromatic carbocycles. The Morgan fingerprint density at radius 3 is 3.06 bits per heavy atom. The lowest BCUT2D eigenvalue weighted by atomic mass is 10.0. The Kier molecular flexibility index (Phi) is 5.20. The third-order valence-corrected chi connectivity index (χ3v) is 3.34. The van der Waals surface area contributed by atoms with Crippen LogP contribution in [-0.2, 0) is 4.74 Å². The zero-order valence-electron chi connectivity index (χ0n) is 10.7. The second-order valence-electron chi connectivity index (χ2n) is 4.42. The van der Waals surface area contributed by atoms with E-state index in [0.717, 1.165) is 48.2 Å². The van der Waals surface area contributed by atoms with Crippen LogP contribution in [0.3, 0.4) is 0 Å². The van der Waals surface area contributed by atoms with Gasteiger partial charge in [0.05, 0.1) is 12.6 Å². The van der Waals surface area contributed by atoms with Crippen molar-refractivity contribution in [2.24, 2.45) is 0 Å². The first kappa shape index (κ1) is 13.6. The van der Waals surface area contributed by atoms with Gasteiger partial charge in [-0.15, -0.1) is 0 Å². The summed E-state index contributed by atoms with van der Waals surface area (Å²) in [6.07, 6.45) is 9.21. The number of hydrogen-bond donors (Lipinski definition) is 1. The molecule has 0 saturated heterocycles. The van der Waals surface area contributed by atoms with Gasteiger partial charge in [-0.25, -0.2) is 0 Å². The average Bonchev–Trinajstić information content (AvgIpc) is 2.40. The van der Waals surface area contributed by atoms with Crippen LogP contribution in [0, 0.1) is 0 Å². The summed E-state index contributed by atoms with van der Waals surface area (Å²) in [6.45, 7) is 3.95. The lowest BCUT2D eigenvalue weighted by Gasteiger charge is -2.25. The van der Waals surface area contributed by atoms with E-state index in [1.54, 1.807) is 6.20 Å². The van der Waals surface area contributed by atoms with Gasteiger partial charge < -0.3 is 10.1 Å². The normalized spacial score (nSPS) is 16.9. The molecule has 1 unspecified atom stereocenters. The molecule has 1 aromatic rings. The van der Waals surface area contributed by atoms with Gasteiger partial charge in [-0.05, 0) is 59.4 Å². The maximum absolute atomic E-state index is 5.79. The van der Waals surface area contributed by atoms with Crippen LogP contribution in [0.15, 0.2) is 34.8 Å². The van der Waals surface area contributed by atoms with Crippen LogP contribution in [0.25, 0.3) is 0 Å². The molecule has 4 heteroatoms. The minimum absolute atomic E-state index is 0.121. The number of nitrogens with one attached hydrogen (secondary N) is 1. The third kappa shape index (κ3) is 3.56. The molecule has 3 nitrogen and oxygen atoms in total. The first-order valence-corrected chi connectivity index (χ1v) is 7.27. The lowest BCUT2D eigenvalue weighted by Crippen LogP contribution is -2.26. The molecular weight excluding hydrogens is 292 g/mol. The van der Waals surface area contributed by atoms with Gasteiger partial charge in [0, 0.05) is 16.9 Å². The van der Waals surface area contributed by atoms with Crippen molar-refractivity contribution < 1.29 is 4.74 Å². The van der Waals surface area contributed by atoms with Crippen molar-refractivity contribution in [3.63, 3.8) is 0 Å². The smallest absolute Gasteiger partial charge is 0.113 e. The van der Waals surface area contributed by atoms with Gasteiger partial charge in [-0.1, -0.05) is 6.92 Å². The molecule has 0 bridgehead atoms. The number of halogens is 1. The highest BCUT2D eigenvalue weighted by atomic mass is 79.9. The number of pyridine rings is 1. The van der Waals surface area contributed by atoms with E-state index >= 15 is 0 Å². The van der Waals surface area contributed by atoms with Crippen LogP contribution < -0.4 is 5.32 Å². The van der Waals surface area contributed by atoms with E-state index in [4.69, 9.17) is 4.74 Å². The molecule has 1 aliphatic rings. The molecule has 0 aliphatic carbocycles. The standard InChI is InChI=1S/C14H19BrN2O/c1-2-6-17-14(13-5-3-4-7-18-13)11-8-12(15)10-16-9-11/h5,8-10,14,17H,2-4,6-7H2,1H3. The summed E-state index contributed by atoms with van der Waals surface area (Å²) in [5, 5.41) is 3.53. The molecule has 1 N–H and O–H groups in total. The fourth-order valence-electron chi connectivity index (χ4n) is 2.04. The van der Waals surface area contributed by atoms with Crippen molar-refractivity contribution in [3.8, 4) is 0 Å². The number of ether oxygens (including phenoxy) is 1. The summed E-state index contributed by atoms with van der Waals surface area (Å²) in [4.78, 5) is 4.24. The highest BCUT2D eigenvalue weighted by molar-refractivity contribution is 9.10. The molecule has 98 valence electrons. The molecule has 0 radical (unpaired) electrons. The Labute approximate surface area is 117 Å². The van der Waals surface area contributed by atoms with E-state index in [2.05, 4.69) is 45.3 Å². The van der Waals surface area contributed by atoms with Gasteiger partial charge >= 0.3 is 0 Å². The van der Waals surface area contributed by atoms with Crippen molar-refractivity contribution in [2.45, 2.75) is 32.2 Å². The molecule has 0 fully saturated rings. The second-order valence-corrected chi connectivity index (χ2v) is 5.34. The largest absolute Gasteiger partial charge is 0.496 e. The lowest BCUT2D eigenvalue weighted by molar-refractivity contribution is 0.167. The summed E-state index contributed by atoms with van der Waals surface area (Å²) < 4.78 is 6.79. The van der Waals surface area contributed by atoms with Crippen LogP contribution in [0.2, 0.25) is 0 Å². The second kappa shape index (κ2) is 6.90. The van der Waals surface area contributed by atoms with Crippen LogP contribution in [0.4, 0.5) is 0 Å². The molecule has 2 rings (SSSR count). The Morgan fingerprint density at radius 2 is 2.39 bits per heavy atom. The van der Waals surface area contributed by atoms with Gasteiger partial charge in [-0.2, -0.15) is 0 Å². The predicted octanol–water partition coefficient (Wildman–Crippen LogP) is 3.58. The summed E-state index contributed by atoms with van der Waals surface area (Å²) in [5.41, 5.74) is 1.14. The summed E-state index contributed by atoms with van der Waals surface area (Å²) in [5.74, 6) is 1.04. The molecule has 1 atom stereocenters. The molecule has 1 aromatic heterocycles. The van der Waals surface area contributed by atoms with Gasteiger partial charge in [0.2, 0.25) is 0 Å². The zero-order valence-corrected chi connectivity index (χ0v) is 12.2. The first-order chi connectivity index (χ1) is 8.81. The first-order valence-electron chi connectivity index (χ1n) is 6.48. The number of aromatic nitrogens is 1. The summed E-state index contributed by atoms with van der Waals surface area (Å²) in [6, 6.07) is 2.22. The average molecular weight is 311 g/mol. The van der Waals surface area contributed by atoms with Crippen molar-refractivity contribution in [1.29, 1.82) is 0 Å². The quantitative estimate of drug-likeness (QED) is 0.902. The van der Waals surface area contributed by atoms with E-state index in [9.17, 15) is 0 Å². The van der Waals surface area contributed by atoms with Gasteiger partial charge in [0.25, 0.3) is 0 Å². The van der Waals surface area contributed by atoms with Gasteiger partial charge in [0.15, 0.2) is 0 Å². The molecule has 2 heterocycles. The number of nitrogens with zero attached hydrogens (tertiary/aromatic N) is 1. The minimum atomic E-state index is 0.121. The minimum Gasteiger partial charge on any atom is -0.496 e.